The molecule has 1 fully saturated rings. The van der Waals surface area contributed by atoms with E-state index in [1.165, 1.54) is 0 Å². The highest BCUT2D eigenvalue weighted by molar-refractivity contribution is 6.04. The summed E-state index contributed by atoms with van der Waals surface area (Å²) in [5.41, 5.74) is 0.826. The lowest BCUT2D eigenvalue weighted by atomic mass is 10.1. The third-order valence-corrected chi connectivity index (χ3v) is 3.38. The van der Waals surface area contributed by atoms with Crippen LogP contribution in [0.5, 0.6) is 0 Å². The van der Waals surface area contributed by atoms with Gasteiger partial charge in [0.25, 0.3) is 0 Å². The Hall–Kier alpha value is -1.88. The topological polar surface area (TPSA) is 75.6 Å². The van der Waals surface area contributed by atoms with Crippen molar-refractivity contribution in [3.05, 3.63) is 35.4 Å². The number of carboxylic acids is 1. The summed E-state index contributed by atoms with van der Waals surface area (Å²) in [5, 5.41) is 11.7. The van der Waals surface area contributed by atoms with Crippen molar-refractivity contribution in [2.24, 2.45) is 5.41 Å². The molecular weight excluding hydrogens is 246 g/mol. The van der Waals surface area contributed by atoms with E-state index in [0.29, 0.717) is 26.0 Å². The van der Waals surface area contributed by atoms with Crippen LogP contribution >= 0.6 is 0 Å². The summed E-state index contributed by atoms with van der Waals surface area (Å²) in [6.45, 7) is 0.899. The van der Waals surface area contributed by atoms with E-state index in [9.17, 15) is 9.59 Å². The molecular formula is C14H17NO4. The van der Waals surface area contributed by atoms with E-state index in [1.54, 1.807) is 7.11 Å². The Bertz CT molecular complexity index is 477. The second-order valence-corrected chi connectivity index (χ2v) is 4.82. The van der Waals surface area contributed by atoms with Gasteiger partial charge in [0.2, 0.25) is 5.91 Å². The van der Waals surface area contributed by atoms with Crippen molar-refractivity contribution in [3.8, 4) is 0 Å². The normalized spacial score (nSPS) is 15.8. The molecule has 0 saturated heterocycles. The second kappa shape index (κ2) is 5.40. The minimum absolute atomic E-state index is 0.348. The van der Waals surface area contributed by atoms with Gasteiger partial charge in [0, 0.05) is 13.7 Å². The Balaban J connectivity index is 1.89. The number of methoxy groups -OCH3 is 1. The molecule has 0 heterocycles. The first kappa shape index (κ1) is 13.5. The van der Waals surface area contributed by atoms with Gasteiger partial charge >= 0.3 is 5.97 Å². The number of hydrogen-bond donors (Lipinski definition) is 2. The van der Waals surface area contributed by atoms with Crippen molar-refractivity contribution in [1.29, 1.82) is 0 Å². The lowest BCUT2D eigenvalue weighted by molar-refractivity contribution is -0.149. The van der Waals surface area contributed by atoms with E-state index in [-0.39, 0.29) is 5.91 Å². The SMILES string of the molecule is COCc1ccc(CNC(=O)C2(C(=O)O)CC2)cc1. The van der Waals surface area contributed by atoms with Crippen molar-refractivity contribution in [3.63, 3.8) is 0 Å². The Morgan fingerprint density at radius 3 is 2.32 bits per heavy atom. The molecule has 5 heteroatoms. The van der Waals surface area contributed by atoms with Gasteiger partial charge in [-0.1, -0.05) is 24.3 Å². The number of hydrogen-bond acceptors (Lipinski definition) is 3. The lowest BCUT2D eigenvalue weighted by Gasteiger charge is -2.11. The van der Waals surface area contributed by atoms with E-state index in [1.807, 2.05) is 24.3 Å². The zero-order valence-electron chi connectivity index (χ0n) is 10.8. The standard InChI is InChI=1S/C14H17NO4/c1-19-9-11-4-2-10(3-5-11)8-15-12(16)14(6-7-14)13(17)18/h2-5H,6-9H2,1H3,(H,15,16)(H,17,18). The van der Waals surface area contributed by atoms with Crippen molar-refractivity contribution >= 4 is 11.9 Å². The number of amides is 1. The van der Waals surface area contributed by atoms with E-state index < -0.39 is 11.4 Å². The summed E-state index contributed by atoms with van der Waals surface area (Å²) in [4.78, 5) is 22.8. The molecule has 1 amide bonds. The summed E-state index contributed by atoms with van der Waals surface area (Å²) in [5.74, 6) is -1.42. The van der Waals surface area contributed by atoms with Crippen LogP contribution in [0.25, 0.3) is 0 Å². The zero-order chi connectivity index (χ0) is 13.9. The van der Waals surface area contributed by atoms with E-state index in [2.05, 4.69) is 5.32 Å². The first-order valence-corrected chi connectivity index (χ1v) is 6.17. The largest absolute Gasteiger partial charge is 0.480 e. The summed E-state index contributed by atoms with van der Waals surface area (Å²) in [7, 11) is 1.63. The Morgan fingerprint density at radius 2 is 1.84 bits per heavy atom. The molecule has 0 radical (unpaired) electrons. The first-order valence-electron chi connectivity index (χ1n) is 6.17. The molecule has 0 bridgehead atoms. The lowest BCUT2D eigenvalue weighted by Crippen LogP contribution is -2.36. The van der Waals surface area contributed by atoms with E-state index >= 15 is 0 Å². The maximum absolute atomic E-state index is 11.8. The molecule has 19 heavy (non-hydrogen) atoms. The van der Waals surface area contributed by atoms with Crippen LogP contribution in [-0.2, 0) is 27.5 Å². The molecule has 0 aromatic heterocycles. The molecule has 5 nitrogen and oxygen atoms in total. The summed E-state index contributed by atoms with van der Waals surface area (Å²) < 4.78 is 5.01. The average molecular weight is 263 g/mol. The minimum Gasteiger partial charge on any atom is -0.480 e. The predicted molar refractivity (Wildman–Crippen MR) is 68.3 cm³/mol. The second-order valence-electron chi connectivity index (χ2n) is 4.82. The predicted octanol–water partition coefficient (Wildman–Crippen LogP) is 1.31. The molecule has 102 valence electrons. The van der Waals surface area contributed by atoms with Gasteiger partial charge < -0.3 is 15.2 Å². The summed E-state index contributed by atoms with van der Waals surface area (Å²) in [6, 6.07) is 7.65. The van der Waals surface area contributed by atoms with Crippen LogP contribution in [0.1, 0.15) is 24.0 Å². The molecule has 0 spiro atoms. The third kappa shape index (κ3) is 2.93. The summed E-state index contributed by atoms with van der Waals surface area (Å²) in [6.07, 6.45) is 0.863. The molecule has 2 rings (SSSR count). The zero-order valence-corrected chi connectivity index (χ0v) is 10.8. The number of aliphatic carboxylic acids is 1. The van der Waals surface area contributed by atoms with Crippen LogP contribution in [0.4, 0.5) is 0 Å². The Kier molecular flexibility index (Phi) is 3.85. The smallest absolute Gasteiger partial charge is 0.319 e. The van der Waals surface area contributed by atoms with Crippen molar-refractivity contribution in [2.45, 2.75) is 26.0 Å². The highest BCUT2D eigenvalue weighted by Gasteiger charge is 2.56. The molecule has 1 saturated carbocycles. The number of ether oxygens (including phenoxy) is 1. The maximum atomic E-state index is 11.8. The molecule has 0 aliphatic heterocycles. The quantitative estimate of drug-likeness (QED) is 0.759. The number of benzene rings is 1. The molecule has 1 aromatic rings. The molecule has 1 aliphatic rings. The third-order valence-electron chi connectivity index (χ3n) is 3.38. The van der Waals surface area contributed by atoms with Crippen molar-refractivity contribution < 1.29 is 19.4 Å². The molecule has 2 N–H and O–H groups in total. The van der Waals surface area contributed by atoms with Crippen LogP contribution in [0.15, 0.2) is 24.3 Å². The van der Waals surface area contributed by atoms with Crippen LogP contribution in [-0.4, -0.2) is 24.1 Å². The summed E-state index contributed by atoms with van der Waals surface area (Å²) >= 11 is 0. The average Bonchev–Trinajstić information content (AvgIpc) is 3.19. The van der Waals surface area contributed by atoms with Gasteiger partial charge in [-0.25, -0.2) is 0 Å². The molecule has 1 aromatic carbocycles. The van der Waals surface area contributed by atoms with Crippen LogP contribution in [0.2, 0.25) is 0 Å². The van der Waals surface area contributed by atoms with E-state index in [4.69, 9.17) is 9.84 Å². The first-order chi connectivity index (χ1) is 9.08. The Morgan fingerprint density at radius 1 is 1.26 bits per heavy atom. The molecule has 0 atom stereocenters. The fourth-order valence-corrected chi connectivity index (χ4v) is 1.93. The Labute approximate surface area is 111 Å². The van der Waals surface area contributed by atoms with Gasteiger partial charge in [-0.05, 0) is 24.0 Å². The number of nitrogens with one attached hydrogen (secondary N) is 1. The highest BCUT2D eigenvalue weighted by Crippen LogP contribution is 2.46. The number of rotatable bonds is 6. The highest BCUT2D eigenvalue weighted by atomic mass is 16.5. The van der Waals surface area contributed by atoms with Crippen LogP contribution < -0.4 is 5.32 Å². The van der Waals surface area contributed by atoms with Crippen LogP contribution in [0, 0.1) is 5.41 Å². The maximum Gasteiger partial charge on any atom is 0.319 e. The van der Waals surface area contributed by atoms with Gasteiger partial charge in [-0.3, -0.25) is 9.59 Å². The van der Waals surface area contributed by atoms with Gasteiger partial charge in [0.1, 0.15) is 5.41 Å². The fourth-order valence-electron chi connectivity index (χ4n) is 1.93. The van der Waals surface area contributed by atoms with E-state index in [0.717, 1.165) is 11.1 Å². The van der Waals surface area contributed by atoms with Gasteiger partial charge in [-0.2, -0.15) is 0 Å². The molecule has 1 aliphatic carbocycles. The fraction of sp³-hybridized carbons (Fsp3) is 0.429. The minimum atomic E-state index is -1.17. The van der Waals surface area contributed by atoms with Gasteiger partial charge in [-0.15, -0.1) is 0 Å². The van der Waals surface area contributed by atoms with Crippen molar-refractivity contribution in [1.82, 2.24) is 5.32 Å². The van der Waals surface area contributed by atoms with Gasteiger partial charge in [0.15, 0.2) is 0 Å². The van der Waals surface area contributed by atoms with Gasteiger partial charge in [0.05, 0.1) is 6.61 Å². The van der Waals surface area contributed by atoms with Crippen molar-refractivity contribution in [2.75, 3.05) is 7.11 Å². The van der Waals surface area contributed by atoms with Crippen LogP contribution in [0.3, 0.4) is 0 Å². The number of carboxylic acid groups (broad SMARTS) is 1. The number of carbonyl (C=O) groups excluding carboxylic acids is 1. The molecule has 0 unspecified atom stereocenters. The monoisotopic (exact) mass is 263 g/mol. The number of carbonyl (C=O) groups is 2.